The van der Waals surface area contributed by atoms with Gasteiger partial charge < -0.3 is 5.32 Å². The second-order valence-corrected chi connectivity index (χ2v) is 11.3. The molecular weight excluding hydrogens is 470 g/mol. The first-order valence-corrected chi connectivity index (χ1v) is 13.8. The van der Waals surface area contributed by atoms with E-state index in [9.17, 15) is 10.1 Å². The first-order valence-electron chi connectivity index (χ1n) is 11.1. The molecule has 33 heavy (non-hydrogen) atoms. The molecule has 1 aliphatic rings. The predicted molar refractivity (Wildman–Crippen MR) is 137 cm³/mol. The lowest BCUT2D eigenvalue weighted by molar-refractivity contribution is -0.113. The summed E-state index contributed by atoms with van der Waals surface area (Å²) < 4.78 is 1.99. The monoisotopic (exact) mass is 497 g/mol. The molecule has 0 saturated carbocycles. The summed E-state index contributed by atoms with van der Waals surface area (Å²) in [4.78, 5) is 15.3. The van der Waals surface area contributed by atoms with Crippen LogP contribution in [0.2, 0.25) is 0 Å². The summed E-state index contributed by atoms with van der Waals surface area (Å²) in [5.41, 5.74) is 2.81. The average molecular weight is 498 g/mol. The zero-order valence-corrected chi connectivity index (χ0v) is 21.3. The van der Waals surface area contributed by atoms with Crippen LogP contribution in [0.15, 0.2) is 29.3 Å². The van der Waals surface area contributed by atoms with Crippen LogP contribution in [0.3, 0.4) is 0 Å². The second kappa shape index (κ2) is 10.7. The fourth-order valence-corrected chi connectivity index (χ4v) is 6.82. The van der Waals surface area contributed by atoms with E-state index < -0.39 is 0 Å². The highest BCUT2D eigenvalue weighted by Crippen LogP contribution is 2.37. The molecule has 0 aromatic carbocycles. The van der Waals surface area contributed by atoms with Crippen molar-refractivity contribution in [2.24, 2.45) is 0 Å². The molecule has 0 fully saturated rings. The van der Waals surface area contributed by atoms with E-state index in [2.05, 4.69) is 53.5 Å². The molecule has 0 unspecified atom stereocenters. The number of aryl methyl sites for hydroxylation is 1. The molecule has 0 radical (unpaired) electrons. The maximum absolute atomic E-state index is 12.7. The Morgan fingerprint density at radius 2 is 2.18 bits per heavy atom. The van der Waals surface area contributed by atoms with Crippen molar-refractivity contribution in [1.82, 2.24) is 14.8 Å². The number of amides is 1. The van der Waals surface area contributed by atoms with Crippen molar-refractivity contribution in [3.63, 3.8) is 0 Å². The molecule has 3 aromatic rings. The van der Waals surface area contributed by atoms with Gasteiger partial charge in [-0.25, -0.2) is 0 Å². The van der Waals surface area contributed by atoms with Gasteiger partial charge in [-0.1, -0.05) is 38.1 Å². The van der Waals surface area contributed by atoms with Gasteiger partial charge in [0, 0.05) is 27.2 Å². The first-order chi connectivity index (χ1) is 16.0. The van der Waals surface area contributed by atoms with Crippen molar-refractivity contribution in [3.05, 3.63) is 45.0 Å². The number of carbonyl (C=O) groups is 1. The van der Waals surface area contributed by atoms with E-state index in [4.69, 9.17) is 0 Å². The number of nitrogens with one attached hydrogen (secondary N) is 1. The Bertz CT molecular complexity index is 1200. The number of carbonyl (C=O) groups excluding carboxylic acids is 1. The van der Waals surface area contributed by atoms with Crippen LogP contribution < -0.4 is 5.32 Å². The van der Waals surface area contributed by atoms with Crippen molar-refractivity contribution < 1.29 is 4.79 Å². The Balaban J connectivity index is 1.47. The number of fused-ring (bicyclic) bond motifs is 1. The molecule has 3 aromatic heterocycles. The molecule has 0 atom stereocenters. The van der Waals surface area contributed by atoms with E-state index in [0.29, 0.717) is 28.2 Å². The average Bonchev–Trinajstić information content (AvgIpc) is 3.46. The number of anilines is 1. The van der Waals surface area contributed by atoms with Gasteiger partial charge in [-0.3, -0.25) is 9.36 Å². The van der Waals surface area contributed by atoms with Crippen LogP contribution in [-0.2, 0) is 24.2 Å². The molecular formula is C24H27N5OS3. The fraction of sp³-hybridized carbons (Fsp3) is 0.417. The third-order valence-corrected chi connectivity index (χ3v) is 9.00. The van der Waals surface area contributed by atoms with Crippen molar-refractivity contribution in [2.75, 3.05) is 11.1 Å². The van der Waals surface area contributed by atoms with Crippen LogP contribution in [0.4, 0.5) is 5.00 Å². The van der Waals surface area contributed by atoms with E-state index in [1.165, 1.54) is 27.9 Å². The van der Waals surface area contributed by atoms with Crippen LogP contribution in [0, 0.1) is 11.3 Å². The van der Waals surface area contributed by atoms with E-state index >= 15 is 0 Å². The van der Waals surface area contributed by atoms with Crippen molar-refractivity contribution in [2.45, 2.75) is 63.6 Å². The molecule has 0 saturated heterocycles. The van der Waals surface area contributed by atoms with Gasteiger partial charge in [-0.15, -0.1) is 39.4 Å². The molecule has 1 amide bonds. The van der Waals surface area contributed by atoms with Crippen molar-refractivity contribution in [1.29, 1.82) is 5.26 Å². The maximum atomic E-state index is 12.7. The number of aromatic nitrogens is 3. The first kappa shape index (κ1) is 23.7. The van der Waals surface area contributed by atoms with Gasteiger partial charge in [-0.2, -0.15) is 5.26 Å². The number of thiophene rings is 2. The molecule has 9 heteroatoms. The number of thioether (sulfide) groups is 1. The van der Waals surface area contributed by atoms with E-state index in [1.807, 2.05) is 10.6 Å². The minimum atomic E-state index is -0.139. The lowest BCUT2D eigenvalue weighted by Crippen LogP contribution is -2.14. The zero-order chi connectivity index (χ0) is 23.4. The minimum Gasteiger partial charge on any atom is -0.316 e. The molecule has 4 rings (SSSR count). The van der Waals surface area contributed by atoms with Gasteiger partial charge in [0.15, 0.2) is 11.0 Å². The lowest BCUT2D eigenvalue weighted by atomic mass is 10.1. The molecule has 0 aliphatic heterocycles. The molecule has 1 N–H and O–H groups in total. The topological polar surface area (TPSA) is 83.6 Å². The Morgan fingerprint density at radius 1 is 1.36 bits per heavy atom. The van der Waals surface area contributed by atoms with Gasteiger partial charge in [0.1, 0.15) is 11.1 Å². The summed E-state index contributed by atoms with van der Waals surface area (Å²) in [5, 5.41) is 24.9. The Kier molecular flexibility index (Phi) is 7.68. The Hall–Kier alpha value is -2.41. The molecule has 0 spiro atoms. The van der Waals surface area contributed by atoms with Crippen LogP contribution >= 0.6 is 34.4 Å². The minimum absolute atomic E-state index is 0.139. The second-order valence-electron chi connectivity index (χ2n) is 8.32. The van der Waals surface area contributed by atoms with Crippen LogP contribution in [0.25, 0.3) is 11.4 Å². The summed E-state index contributed by atoms with van der Waals surface area (Å²) in [5.74, 6) is 1.31. The Labute approximate surface area is 206 Å². The Morgan fingerprint density at radius 3 is 2.91 bits per heavy atom. The summed E-state index contributed by atoms with van der Waals surface area (Å²) >= 11 is 4.63. The third kappa shape index (κ3) is 5.24. The normalized spacial score (nSPS) is 13.4. The lowest BCUT2D eigenvalue weighted by Gasteiger charge is -2.07. The van der Waals surface area contributed by atoms with Gasteiger partial charge in [-0.05, 0) is 43.2 Å². The summed E-state index contributed by atoms with van der Waals surface area (Å²) in [6, 6.07) is 4.48. The molecule has 1 aliphatic carbocycles. The number of nitriles is 1. The largest absolute Gasteiger partial charge is 0.316 e. The standard InChI is InChI=1S/C24H27N5OS3/c1-4-10-29-22(16-11-20(15(2)3)31-13-16)27-28-24(29)32-14-21(30)26-23-18(12-25)17-8-6-5-7-9-19(17)33-23/h4,11,13,15H,1,5-10,14H2,2-3H3,(H,26,30). The predicted octanol–water partition coefficient (Wildman–Crippen LogP) is 6.25. The van der Waals surface area contributed by atoms with Crippen molar-refractivity contribution >= 4 is 45.3 Å². The smallest absolute Gasteiger partial charge is 0.235 e. The van der Waals surface area contributed by atoms with Gasteiger partial charge in [0.25, 0.3) is 0 Å². The SMILES string of the molecule is C=CCn1c(SCC(=O)Nc2sc3c(c2C#N)CCCCC3)nnc1-c1csc(C(C)C)c1. The summed E-state index contributed by atoms with van der Waals surface area (Å²) in [7, 11) is 0. The number of rotatable bonds is 8. The van der Waals surface area contributed by atoms with Crippen molar-refractivity contribution in [3.8, 4) is 17.5 Å². The number of hydrogen-bond donors (Lipinski definition) is 1. The highest BCUT2D eigenvalue weighted by Gasteiger charge is 2.22. The van der Waals surface area contributed by atoms with Crippen LogP contribution in [0.1, 0.15) is 59.9 Å². The quantitative estimate of drug-likeness (QED) is 0.226. The third-order valence-electron chi connectivity index (χ3n) is 5.59. The molecule has 6 nitrogen and oxygen atoms in total. The number of allylic oxidation sites excluding steroid dienone is 1. The number of hydrogen-bond acceptors (Lipinski definition) is 7. The van der Waals surface area contributed by atoms with Gasteiger partial charge in [0.05, 0.1) is 11.3 Å². The highest BCUT2D eigenvalue weighted by atomic mass is 32.2. The van der Waals surface area contributed by atoms with Crippen LogP contribution in [-0.4, -0.2) is 26.4 Å². The zero-order valence-electron chi connectivity index (χ0n) is 18.9. The van der Waals surface area contributed by atoms with Gasteiger partial charge >= 0.3 is 0 Å². The maximum Gasteiger partial charge on any atom is 0.235 e. The summed E-state index contributed by atoms with van der Waals surface area (Å²) in [6.45, 7) is 8.77. The van der Waals surface area contributed by atoms with Gasteiger partial charge in [0.2, 0.25) is 5.91 Å². The number of nitrogens with zero attached hydrogens (tertiary/aromatic N) is 4. The molecule has 172 valence electrons. The summed E-state index contributed by atoms with van der Waals surface area (Å²) in [6.07, 6.45) is 7.17. The molecule has 3 heterocycles. The highest BCUT2D eigenvalue weighted by molar-refractivity contribution is 7.99. The van der Waals surface area contributed by atoms with Crippen LogP contribution in [0.5, 0.6) is 0 Å². The fourth-order valence-electron chi connectivity index (χ4n) is 3.92. The van der Waals surface area contributed by atoms with E-state index in [-0.39, 0.29) is 11.7 Å². The molecule has 0 bridgehead atoms. The van der Waals surface area contributed by atoms with E-state index in [0.717, 1.165) is 42.6 Å². The van der Waals surface area contributed by atoms with E-state index in [1.54, 1.807) is 22.7 Å².